The van der Waals surface area contributed by atoms with Gasteiger partial charge in [0.05, 0.1) is 17.8 Å². The summed E-state index contributed by atoms with van der Waals surface area (Å²) in [6.07, 6.45) is 1.13. The number of hydrogen-bond acceptors (Lipinski definition) is 5. The summed E-state index contributed by atoms with van der Waals surface area (Å²) in [4.78, 5) is 24.3. The van der Waals surface area contributed by atoms with Crippen LogP contribution >= 0.6 is 15.9 Å². The molecule has 2 amide bonds. The highest BCUT2D eigenvalue weighted by Gasteiger charge is 2.13. The molecule has 2 N–H and O–H groups in total. The number of nitrogens with one attached hydrogen (secondary N) is 2. The van der Waals surface area contributed by atoms with Crippen molar-refractivity contribution in [1.29, 1.82) is 0 Å². The van der Waals surface area contributed by atoms with E-state index in [9.17, 15) is 9.59 Å². The molecule has 0 spiro atoms. The molecule has 0 fully saturated rings. The van der Waals surface area contributed by atoms with Gasteiger partial charge in [-0.05, 0) is 71.6 Å². The number of carbonyl (C=O) groups is 2. The van der Waals surface area contributed by atoms with E-state index in [0.29, 0.717) is 33.8 Å². The molecule has 0 aliphatic carbocycles. The van der Waals surface area contributed by atoms with Crippen LogP contribution in [0.2, 0.25) is 0 Å². The maximum absolute atomic E-state index is 12.2. The quantitative estimate of drug-likeness (QED) is 0.216. The molecule has 0 aliphatic heterocycles. The van der Waals surface area contributed by atoms with Crippen molar-refractivity contribution < 1.29 is 19.1 Å². The monoisotopic (exact) mass is 537 g/mol. The highest BCUT2D eigenvalue weighted by molar-refractivity contribution is 9.10. The summed E-state index contributed by atoms with van der Waals surface area (Å²) < 4.78 is 12.1. The lowest BCUT2D eigenvalue weighted by Crippen LogP contribution is -2.24. The fraction of sp³-hybridized carbons (Fsp3) is 0.222. The van der Waals surface area contributed by atoms with E-state index in [-0.39, 0.29) is 6.42 Å². The number of carbonyl (C=O) groups excluding carboxylic acids is 2. The number of aryl methyl sites for hydroxylation is 3. The zero-order chi connectivity index (χ0) is 25.4. The van der Waals surface area contributed by atoms with Crippen molar-refractivity contribution in [3.05, 3.63) is 86.9 Å². The molecule has 0 aliphatic rings. The minimum atomic E-state index is -0.521. The maximum Gasteiger partial charge on any atom is 0.249 e. The molecule has 0 atom stereocenters. The lowest BCUT2D eigenvalue weighted by molar-refractivity contribution is -0.126. The van der Waals surface area contributed by atoms with Crippen LogP contribution in [-0.4, -0.2) is 25.1 Å². The first-order valence-electron chi connectivity index (χ1n) is 11.0. The number of hydrogen-bond donors (Lipinski definition) is 2. The highest BCUT2D eigenvalue weighted by atomic mass is 79.9. The smallest absolute Gasteiger partial charge is 0.249 e. The van der Waals surface area contributed by atoms with Gasteiger partial charge in [-0.2, -0.15) is 5.10 Å². The normalized spacial score (nSPS) is 10.8. The first-order chi connectivity index (χ1) is 16.7. The van der Waals surface area contributed by atoms with E-state index < -0.39 is 11.8 Å². The van der Waals surface area contributed by atoms with Gasteiger partial charge in [-0.3, -0.25) is 9.59 Å². The first kappa shape index (κ1) is 26.0. The second-order valence-corrected chi connectivity index (χ2v) is 9.00. The molecule has 0 radical (unpaired) electrons. The van der Waals surface area contributed by atoms with Crippen LogP contribution in [0.4, 0.5) is 5.69 Å². The molecular weight excluding hydrogens is 510 g/mol. The number of halogens is 1. The van der Waals surface area contributed by atoms with E-state index in [1.807, 2.05) is 63.2 Å². The van der Waals surface area contributed by atoms with Crippen LogP contribution in [0.15, 0.2) is 64.2 Å². The summed E-state index contributed by atoms with van der Waals surface area (Å²) >= 11 is 3.51. The average Bonchev–Trinajstić information content (AvgIpc) is 2.81. The fourth-order valence-corrected chi connectivity index (χ4v) is 3.88. The molecule has 8 heteroatoms. The second-order valence-electron chi connectivity index (χ2n) is 8.14. The third-order valence-electron chi connectivity index (χ3n) is 5.14. The maximum atomic E-state index is 12.2. The minimum absolute atomic E-state index is 0.344. The predicted molar refractivity (Wildman–Crippen MR) is 141 cm³/mol. The van der Waals surface area contributed by atoms with Gasteiger partial charge in [0, 0.05) is 5.69 Å². The van der Waals surface area contributed by atoms with Gasteiger partial charge in [0.15, 0.2) is 11.5 Å². The van der Waals surface area contributed by atoms with E-state index in [4.69, 9.17) is 9.47 Å². The van der Waals surface area contributed by atoms with Gasteiger partial charge in [0.25, 0.3) is 0 Å². The minimum Gasteiger partial charge on any atom is -0.493 e. The Morgan fingerprint density at radius 3 is 2.37 bits per heavy atom. The van der Waals surface area contributed by atoms with Crippen molar-refractivity contribution in [1.82, 2.24) is 5.43 Å². The molecule has 0 bridgehead atoms. The molecular formula is C27H28BrN3O4. The zero-order valence-corrected chi connectivity index (χ0v) is 21.7. The number of nitrogens with zero attached hydrogens (tertiary/aromatic N) is 1. The van der Waals surface area contributed by atoms with E-state index in [2.05, 4.69) is 31.8 Å². The Bertz CT molecular complexity index is 1240. The summed E-state index contributed by atoms with van der Waals surface area (Å²) in [5.41, 5.74) is 7.99. The van der Waals surface area contributed by atoms with E-state index in [0.717, 1.165) is 16.7 Å². The third kappa shape index (κ3) is 7.68. The Labute approximate surface area is 213 Å². The van der Waals surface area contributed by atoms with Crippen molar-refractivity contribution in [2.75, 3.05) is 12.4 Å². The van der Waals surface area contributed by atoms with E-state index in [1.54, 1.807) is 19.2 Å². The molecule has 3 aromatic carbocycles. The number of anilines is 1. The van der Waals surface area contributed by atoms with Gasteiger partial charge in [0.1, 0.15) is 13.0 Å². The number of hydrazone groups is 1. The number of amides is 2. The Morgan fingerprint density at radius 2 is 1.69 bits per heavy atom. The summed E-state index contributed by atoms with van der Waals surface area (Å²) in [6.45, 7) is 6.30. The van der Waals surface area contributed by atoms with Gasteiger partial charge in [-0.25, -0.2) is 5.43 Å². The first-order valence-corrected chi connectivity index (χ1v) is 11.8. The van der Waals surface area contributed by atoms with Crippen LogP contribution in [0.5, 0.6) is 11.5 Å². The Morgan fingerprint density at radius 1 is 0.971 bits per heavy atom. The van der Waals surface area contributed by atoms with Crippen molar-refractivity contribution in [3.63, 3.8) is 0 Å². The highest BCUT2D eigenvalue weighted by Crippen LogP contribution is 2.36. The summed E-state index contributed by atoms with van der Waals surface area (Å²) in [5, 5.41) is 6.70. The van der Waals surface area contributed by atoms with Crippen molar-refractivity contribution >= 4 is 39.6 Å². The van der Waals surface area contributed by atoms with Crippen molar-refractivity contribution in [3.8, 4) is 11.5 Å². The Hall–Kier alpha value is -3.65. The fourth-order valence-electron chi connectivity index (χ4n) is 3.31. The van der Waals surface area contributed by atoms with E-state index >= 15 is 0 Å². The summed E-state index contributed by atoms with van der Waals surface area (Å²) in [6, 6.07) is 17.3. The molecule has 0 heterocycles. The largest absolute Gasteiger partial charge is 0.493 e. The van der Waals surface area contributed by atoms with Crippen LogP contribution in [0, 0.1) is 20.8 Å². The summed E-state index contributed by atoms with van der Waals surface area (Å²) in [7, 11) is 1.55. The number of ether oxygens (including phenoxy) is 2. The van der Waals surface area contributed by atoms with Gasteiger partial charge in [-0.15, -0.1) is 0 Å². The number of rotatable bonds is 9. The summed E-state index contributed by atoms with van der Waals surface area (Å²) in [5.74, 6) is 0.154. The van der Waals surface area contributed by atoms with Gasteiger partial charge in [0.2, 0.25) is 11.8 Å². The zero-order valence-electron chi connectivity index (χ0n) is 20.1. The van der Waals surface area contributed by atoms with Crippen LogP contribution in [0.1, 0.15) is 34.2 Å². The van der Waals surface area contributed by atoms with Gasteiger partial charge >= 0.3 is 0 Å². The molecule has 3 aromatic rings. The lowest BCUT2D eigenvalue weighted by atomic mass is 10.1. The van der Waals surface area contributed by atoms with Crippen LogP contribution in [0.25, 0.3) is 0 Å². The standard InChI is InChI=1S/C27H28BrN3O4/c1-17-5-8-20(9-6-17)16-35-27-22(28)12-21(13-24(27)34-4)15-29-31-26(33)14-25(32)30-23-10-7-18(2)11-19(23)3/h5-13,15H,14,16H2,1-4H3,(H,30,32)(H,31,33). The van der Waals surface area contributed by atoms with E-state index in [1.165, 1.54) is 11.8 Å². The molecule has 0 saturated carbocycles. The Kier molecular flexibility index (Phi) is 9.03. The van der Waals surface area contributed by atoms with Crippen molar-refractivity contribution in [2.24, 2.45) is 5.10 Å². The Balaban J connectivity index is 1.56. The van der Waals surface area contributed by atoms with Crippen LogP contribution in [0.3, 0.4) is 0 Å². The van der Waals surface area contributed by atoms with Gasteiger partial charge in [-0.1, -0.05) is 47.5 Å². The predicted octanol–water partition coefficient (Wildman–Crippen LogP) is 5.44. The van der Waals surface area contributed by atoms with Crippen molar-refractivity contribution in [2.45, 2.75) is 33.8 Å². The molecule has 0 unspecified atom stereocenters. The lowest BCUT2D eigenvalue weighted by Gasteiger charge is -2.13. The van der Waals surface area contributed by atoms with Crippen LogP contribution < -0.4 is 20.2 Å². The second kappa shape index (κ2) is 12.2. The molecule has 182 valence electrons. The molecule has 0 aromatic heterocycles. The topological polar surface area (TPSA) is 89.0 Å². The number of benzene rings is 3. The van der Waals surface area contributed by atoms with Crippen LogP contribution in [-0.2, 0) is 16.2 Å². The SMILES string of the molecule is COc1cc(C=NNC(=O)CC(=O)Nc2ccc(C)cc2C)cc(Br)c1OCc1ccc(C)cc1. The number of methoxy groups -OCH3 is 1. The van der Waals surface area contributed by atoms with Gasteiger partial charge < -0.3 is 14.8 Å². The molecule has 3 rings (SSSR count). The molecule has 35 heavy (non-hydrogen) atoms. The third-order valence-corrected chi connectivity index (χ3v) is 5.72. The average molecular weight is 538 g/mol. The molecule has 0 saturated heterocycles. The molecule has 7 nitrogen and oxygen atoms in total.